The minimum absolute atomic E-state index is 0.114. The largest absolute Gasteiger partial charge is 0.480 e. The molecule has 20 heavy (non-hydrogen) atoms. The number of likely N-dealkylation sites (tertiary alicyclic amines) is 1. The summed E-state index contributed by atoms with van der Waals surface area (Å²) in [5, 5.41) is 9.98. The predicted molar refractivity (Wildman–Crippen MR) is 78.4 cm³/mol. The van der Waals surface area contributed by atoms with Crippen LogP contribution in [0.1, 0.15) is 25.5 Å². The summed E-state index contributed by atoms with van der Waals surface area (Å²) in [5.74, 6) is -0.949. The topological polar surface area (TPSA) is 49.8 Å². The molecule has 1 fully saturated rings. The number of hydrogen-bond donors (Lipinski definition) is 1. The van der Waals surface area contributed by atoms with E-state index in [9.17, 15) is 4.79 Å². The van der Waals surface area contributed by atoms with Crippen molar-refractivity contribution in [1.29, 1.82) is 0 Å². The predicted octanol–water partition coefficient (Wildman–Crippen LogP) is 3.23. The van der Waals surface area contributed by atoms with Gasteiger partial charge in [0.1, 0.15) is 6.61 Å². The summed E-state index contributed by atoms with van der Waals surface area (Å²) in [6.45, 7) is 5.04. The lowest BCUT2D eigenvalue weighted by Crippen LogP contribution is -2.62. The molecule has 1 heterocycles. The van der Waals surface area contributed by atoms with Gasteiger partial charge < -0.3 is 9.84 Å². The van der Waals surface area contributed by atoms with E-state index in [1.54, 1.807) is 12.1 Å². The number of carboxylic acid groups (broad SMARTS) is 1. The summed E-state index contributed by atoms with van der Waals surface area (Å²) in [5.41, 5.74) is 0.567. The number of carbonyl (C=O) groups is 1. The lowest BCUT2D eigenvalue weighted by atomic mass is 9.92. The van der Waals surface area contributed by atoms with E-state index >= 15 is 0 Å². The first kappa shape index (κ1) is 15.6. The lowest BCUT2D eigenvalue weighted by molar-refractivity contribution is -0.169. The Labute approximate surface area is 128 Å². The molecule has 0 spiro atoms. The summed E-state index contributed by atoms with van der Waals surface area (Å²) >= 11 is 12.2. The van der Waals surface area contributed by atoms with Crippen molar-refractivity contribution in [3.8, 4) is 0 Å². The molecule has 0 bridgehead atoms. The first-order valence-electron chi connectivity index (χ1n) is 6.35. The van der Waals surface area contributed by atoms with Crippen LogP contribution in [0.15, 0.2) is 18.2 Å². The van der Waals surface area contributed by atoms with Gasteiger partial charge in [-0.1, -0.05) is 23.2 Å². The van der Waals surface area contributed by atoms with Gasteiger partial charge in [0.15, 0.2) is 0 Å². The van der Waals surface area contributed by atoms with E-state index in [0.717, 1.165) is 5.56 Å². The Morgan fingerprint density at radius 3 is 2.75 bits per heavy atom. The van der Waals surface area contributed by atoms with Crippen molar-refractivity contribution in [1.82, 2.24) is 4.90 Å². The number of ether oxygens (including phenoxy) is 1. The highest BCUT2D eigenvalue weighted by molar-refractivity contribution is 6.33. The summed E-state index contributed by atoms with van der Waals surface area (Å²) in [7, 11) is 0. The minimum atomic E-state index is -0.949. The second-order valence-corrected chi connectivity index (χ2v) is 6.22. The van der Waals surface area contributed by atoms with Gasteiger partial charge >= 0.3 is 5.97 Å². The Morgan fingerprint density at radius 1 is 1.50 bits per heavy atom. The van der Waals surface area contributed by atoms with E-state index in [0.29, 0.717) is 23.1 Å². The highest BCUT2D eigenvalue weighted by Gasteiger charge is 2.42. The van der Waals surface area contributed by atoms with Crippen molar-refractivity contribution in [2.45, 2.75) is 25.5 Å². The van der Waals surface area contributed by atoms with E-state index in [-0.39, 0.29) is 12.6 Å². The molecular weight excluding hydrogens is 301 g/mol. The number of rotatable bonds is 5. The quantitative estimate of drug-likeness (QED) is 0.905. The van der Waals surface area contributed by atoms with Crippen molar-refractivity contribution in [2.24, 2.45) is 0 Å². The van der Waals surface area contributed by atoms with Crippen LogP contribution in [0, 0.1) is 0 Å². The van der Waals surface area contributed by atoms with Crippen molar-refractivity contribution < 1.29 is 14.6 Å². The van der Waals surface area contributed by atoms with E-state index < -0.39 is 11.6 Å². The molecule has 110 valence electrons. The number of halogens is 2. The van der Waals surface area contributed by atoms with Crippen molar-refractivity contribution in [3.63, 3.8) is 0 Å². The van der Waals surface area contributed by atoms with E-state index in [4.69, 9.17) is 33.0 Å². The molecule has 1 atom stereocenters. The normalized spacial score (nSPS) is 19.4. The molecule has 0 radical (unpaired) electrons. The molecule has 0 aliphatic carbocycles. The highest BCUT2D eigenvalue weighted by Crippen LogP contribution is 2.36. The molecule has 6 heteroatoms. The van der Waals surface area contributed by atoms with Crippen molar-refractivity contribution in [3.05, 3.63) is 33.8 Å². The van der Waals surface area contributed by atoms with Crippen LogP contribution in [0.2, 0.25) is 10.0 Å². The third kappa shape index (κ3) is 3.44. The maximum absolute atomic E-state index is 10.5. The fraction of sp³-hybridized carbons (Fsp3) is 0.500. The third-order valence-corrected chi connectivity index (χ3v) is 4.15. The first-order chi connectivity index (χ1) is 9.31. The van der Waals surface area contributed by atoms with Gasteiger partial charge in [0, 0.05) is 29.2 Å². The average Bonchev–Trinajstić information content (AvgIpc) is 2.35. The molecule has 1 saturated heterocycles. The van der Waals surface area contributed by atoms with Gasteiger partial charge in [-0.25, -0.2) is 4.79 Å². The summed E-state index contributed by atoms with van der Waals surface area (Å²) in [6.07, 6.45) is 0. The smallest absolute Gasteiger partial charge is 0.329 e. The average molecular weight is 318 g/mol. The minimum Gasteiger partial charge on any atom is -0.480 e. The van der Waals surface area contributed by atoms with Crippen LogP contribution in [0.25, 0.3) is 0 Å². The molecule has 1 unspecified atom stereocenters. The zero-order chi connectivity index (χ0) is 14.9. The highest BCUT2D eigenvalue weighted by atomic mass is 35.5. The van der Waals surface area contributed by atoms with E-state index in [1.165, 1.54) is 0 Å². The molecule has 4 nitrogen and oxygen atoms in total. The Balaban J connectivity index is 1.98. The lowest BCUT2D eigenvalue weighted by Gasteiger charge is -2.50. The molecule has 0 saturated carbocycles. The maximum Gasteiger partial charge on any atom is 0.329 e. The van der Waals surface area contributed by atoms with E-state index in [1.807, 2.05) is 19.9 Å². The molecule has 1 aromatic carbocycles. The summed E-state index contributed by atoms with van der Waals surface area (Å²) < 4.78 is 5.40. The van der Waals surface area contributed by atoms with Crippen LogP contribution < -0.4 is 0 Å². The molecule has 1 N–H and O–H groups in total. The molecule has 2 rings (SSSR count). The van der Waals surface area contributed by atoms with Crippen LogP contribution in [0.4, 0.5) is 0 Å². The standard InChI is InChI=1S/C14H17Cl2NO3/c1-9(11-5-10(15)3-4-12(11)16)17-7-14(2,8-17)20-6-13(18)19/h3-5,9H,6-8H2,1-2H3,(H,18,19). The molecule has 1 aliphatic rings. The third-order valence-electron chi connectivity index (χ3n) is 3.58. The molecule has 1 aliphatic heterocycles. The second-order valence-electron chi connectivity index (χ2n) is 5.38. The van der Waals surface area contributed by atoms with Gasteiger partial charge in [-0.15, -0.1) is 0 Å². The Hall–Kier alpha value is -0.810. The maximum atomic E-state index is 10.5. The summed E-state index contributed by atoms with van der Waals surface area (Å²) in [4.78, 5) is 12.7. The number of hydrogen-bond acceptors (Lipinski definition) is 3. The van der Waals surface area contributed by atoms with Gasteiger partial charge in [0.2, 0.25) is 0 Å². The number of carboxylic acids is 1. The Kier molecular flexibility index (Phi) is 4.59. The number of nitrogens with zero attached hydrogens (tertiary/aromatic N) is 1. The van der Waals surface area contributed by atoms with Crippen LogP contribution in [-0.2, 0) is 9.53 Å². The summed E-state index contributed by atoms with van der Waals surface area (Å²) in [6, 6.07) is 5.52. The SMILES string of the molecule is CC(c1cc(Cl)ccc1Cl)N1CC(C)(OCC(=O)O)C1. The second kappa shape index (κ2) is 5.90. The first-order valence-corrected chi connectivity index (χ1v) is 7.11. The van der Waals surface area contributed by atoms with Crippen LogP contribution >= 0.6 is 23.2 Å². The monoisotopic (exact) mass is 317 g/mol. The Morgan fingerprint density at radius 2 is 2.15 bits per heavy atom. The van der Waals surface area contributed by atoms with Gasteiger partial charge in [-0.2, -0.15) is 0 Å². The number of benzene rings is 1. The van der Waals surface area contributed by atoms with Crippen LogP contribution in [-0.4, -0.2) is 41.3 Å². The zero-order valence-corrected chi connectivity index (χ0v) is 12.9. The van der Waals surface area contributed by atoms with Crippen LogP contribution in [0.5, 0.6) is 0 Å². The van der Waals surface area contributed by atoms with Gasteiger partial charge in [0.25, 0.3) is 0 Å². The fourth-order valence-electron chi connectivity index (χ4n) is 2.45. The van der Waals surface area contributed by atoms with Gasteiger partial charge in [0.05, 0.1) is 5.60 Å². The molecule has 1 aromatic rings. The van der Waals surface area contributed by atoms with E-state index in [2.05, 4.69) is 4.90 Å². The zero-order valence-electron chi connectivity index (χ0n) is 11.4. The molecule has 0 aromatic heterocycles. The van der Waals surface area contributed by atoms with Gasteiger partial charge in [-0.3, -0.25) is 4.90 Å². The fourth-order valence-corrected chi connectivity index (χ4v) is 2.90. The molecular formula is C14H17Cl2NO3. The molecule has 0 amide bonds. The van der Waals surface area contributed by atoms with Crippen molar-refractivity contribution >= 4 is 29.2 Å². The van der Waals surface area contributed by atoms with Crippen molar-refractivity contribution in [2.75, 3.05) is 19.7 Å². The van der Waals surface area contributed by atoms with Crippen LogP contribution in [0.3, 0.4) is 0 Å². The van der Waals surface area contributed by atoms with Gasteiger partial charge in [-0.05, 0) is 37.6 Å². The Bertz CT molecular complexity index is 515. The number of aliphatic carboxylic acids is 1.